The van der Waals surface area contributed by atoms with Crippen molar-refractivity contribution in [3.8, 4) is 11.5 Å². The van der Waals surface area contributed by atoms with Crippen molar-refractivity contribution in [2.45, 2.75) is 24.9 Å². The molecule has 2 aromatic carbocycles. The summed E-state index contributed by atoms with van der Waals surface area (Å²) in [6.45, 7) is 0. The van der Waals surface area contributed by atoms with Crippen LogP contribution in [0.3, 0.4) is 0 Å². The number of pyridine rings is 1. The predicted octanol–water partition coefficient (Wildman–Crippen LogP) is 4.46. The summed E-state index contributed by atoms with van der Waals surface area (Å²) in [4.78, 5) is 31.9. The number of benzene rings is 2. The zero-order chi connectivity index (χ0) is 27.6. The first kappa shape index (κ1) is 23.9. The Kier molecular flexibility index (Phi) is 5.16. The average Bonchev–Trinajstić information content (AvgIpc) is 3.32. The molecule has 4 heterocycles. The summed E-state index contributed by atoms with van der Waals surface area (Å²) < 4.78 is 44.3. The smallest absolute Gasteiger partial charge is 0.345 e. The molecule has 9 nitrogen and oxygen atoms in total. The molecule has 0 aliphatic heterocycles. The van der Waals surface area contributed by atoms with Gasteiger partial charge in [-0.25, -0.2) is 19.1 Å². The molecule has 1 fully saturated rings. The highest BCUT2D eigenvalue weighted by Crippen LogP contribution is 2.43. The van der Waals surface area contributed by atoms with E-state index in [1.165, 1.54) is 30.9 Å². The van der Waals surface area contributed by atoms with Crippen LogP contribution in [0.2, 0.25) is 0 Å². The molecule has 12 heteroatoms. The van der Waals surface area contributed by atoms with Gasteiger partial charge in [-0.05, 0) is 37.1 Å². The van der Waals surface area contributed by atoms with E-state index < -0.39 is 23.5 Å². The van der Waals surface area contributed by atoms with Crippen molar-refractivity contribution in [1.29, 1.82) is 0 Å². The van der Waals surface area contributed by atoms with Crippen molar-refractivity contribution in [1.82, 2.24) is 29.5 Å². The maximum atomic E-state index is 13.9. The Morgan fingerprint density at radius 1 is 1.07 bits per heavy atom. The molecule has 0 saturated heterocycles. The zero-order valence-corrected chi connectivity index (χ0v) is 20.5. The quantitative estimate of drug-likeness (QED) is 0.335. The zero-order valence-electron chi connectivity index (χ0n) is 20.5. The van der Waals surface area contributed by atoms with Gasteiger partial charge in [0.05, 0.1) is 35.0 Å². The molecule has 198 valence electrons. The van der Waals surface area contributed by atoms with E-state index in [0.717, 1.165) is 51.0 Å². The van der Waals surface area contributed by atoms with E-state index in [-0.39, 0.29) is 17.2 Å². The number of aromatic nitrogens is 6. The molecule has 7 rings (SSSR count). The fourth-order valence-corrected chi connectivity index (χ4v) is 5.16. The number of hydrogen-bond acceptors (Lipinski definition) is 5. The summed E-state index contributed by atoms with van der Waals surface area (Å²) in [5.74, 6) is 1.02. The molecule has 4 aromatic heterocycles. The molecule has 6 aromatic rings. The number of carbonyl (C=O) groups excluding carboxylic acids is 2. The van der Waals surface area contributed by atoms with Crippen LogP contribution in [0.4, 0.5) is 18.9 Å². The number of halogens is 3. The lowest BCUT2D eigenvalue weighted by atomic mass is 10.0. The number of nitrogens with zero attached hydrogens (tertiary/aromatic N) is 5. The molecule has 1 aliphatic rings. The van der Waals surface area contributed by atoms with Crippen LogP contribution in [0.1, 0.15) is 40.4 Å². The number of rotatable bonds is 5. The van der Waals surface area contributed by atoms with Crippen LogP contribution in [-0.4, -0.2) is 41.4 Å². The number of anilines is 1. The topological polar surface area (TPSA) is 110 Å². The lowest BCUT2D eigenvalue weighted by Crippen LogP contribution is -2.17. The van der Waals surface area contributed by atoms with Crippen molar-refractivity contribution in [2.75, 3.05) is 5.32 Å². The van der Waals surface area contributed by atoms with Crippen LogP contribution >= 0.6 is 0 Å². The minimum atomic E-state index is -4.72. The van der Waals surface area contributed by atoms with Crippen LogP contribution in [0, 0.1) is 0 Å². The van der Waals surface area contributed by atoms with E-state index in [4.69, 9.17) is 0 Å². The number of nitrogens with one attached hydrogen (secondary N) is 2. The first-order valence-corrected chi connectivity index (χ1v) is 12.4. The van der Waals surface area contributed by atoms with Gasteiger partial charge in [-0.1, -0.05) is 18.2 Å². The van der Waals surface area contributed by atoms with Gasteiger partial charge in [0.2, 0.25) is 0 Å². The van der Waals surface area contributed by atoms with Gasteiger partial charge in [-0.15, -0.1) is 0 Å². The van der Waals surface area contributed by atoms with Crippen molar-refractivity contribution >= 4 is 39.2 Å². The van der Waals surface area contributed by atoms with Gasteiger partial charge in [0.1, 0.15) is 10.9 Å². The highest BCUT2D eigenvalue weighted by atomic mass is 19.4. The SMILES string of the molecule is O=C=c1[nH]c2ccc(-n3ncc(C(=O)Nc4cnc(-n5cccn5)c(C(F)(F)F)c4)c3C3CC3)c3cccc1c23. The largest absolute Gasteiger partial charge is 0.420 e. The van der Waals surface area contributed by atoms with Crippen LogP contribution in [0.5, 0.6) is 0 Å². The lowest BCUT2D eigenvalue weighted by Gasteiger charge is -2.14. The minimum Gasteiger partial charge on any atom is -0.345 e. The Labute approximate surface area is 222 Å². The molecular formula is C28H18F3N7O2. The van der Waals surface area contributed by atoms with Gasteiger partial charge in [0.25, 0.3) is 5.91 Å². The Morgan fingerprint density at radius 2 is 1.90 bits per heavy atom. The molecule has 1 aliphatic carbocycles. The standard InChI is InChI=1S/C28H18F3N7O2/c29-28(30,31)20-11-16(12-32-26(20)37-10-2-9-33-37)35-27(40)19-13-34-38(25(19)15-5-6-15)23-8-7-21-24-17(22(14-39)36-21)3-1-4-18(23)24/h1-4,7-13,15,36H,5-6H2,(H,35,40). The van der Waals surface area contributed by atoms with Crippen molar-refractivity contribution in [3.05, 3.63) is 89.4 Å². The molecule has 1 amide bonds. The Bertz CT molecular complexity index is 2010. The second-order valence-electron chi connectivity index (χ2n) is 9.59. The number of alkyl halides is 3. The lowest BCUT2D eigenvalue weighted by molar-refractivity contribution is -0.137. The maximum Gasteiger partial charge on any atom is 0.420 e. The number of hydrogen-bond donors (Lipinski definition) is 2. The Balaban J connectivity index is 1.29. The molecule has 2 N–H and O–H groups in total. The summed E-state index contributed by atoms with van der Waals surface area (Å²) in [7, 11) is 0. The highest BCUT2D eigenvalue weighted by molar-refractivity contribution is 6.13. The number of aromatic amines is 1. The van der Waals surface area contributed by atoms with Gasteiger partial charge in [-0.3, -0.25) is 4.79 Å². The van der Waals surface area contributed by atoms with Gasteiger partial charge >= 0.3 is 6.18 Å². The molecule has 40 heavy (non-hydrogen) atoms. The molecule has 0 spiro atoms. The summed E-state index contributed by atoms with van der Waals surface area (Å²) in [6, 6.07) is 11.6. The molecule has 0 radical (unpaired) electrons. The monoisotopic (exact) mass is 541 g/mol. The van der Waals surface area contributed by atoms with E-state index in [0.29, 0.717) is 11.0 Å². The average molecular weight is 541 g/mol. The van der Waals surface area contributed by atoms with E-state index in [1.54, 1.807) is 4.68 Å². The van der Waals surface area contributed by atoms with Crippen molar-refractivity contribution < 1.29 is 22.8 Å². The van der Waals surface area contributed by atoms with Gasteiger partial charge < -0.3 is 10.3 Å². The third-order valence-corrected chi connectivity index (χ3v) is 7.04. The van der Waals surface area contributed by atoms with Crippen molar-refractivity contribution in [3.63, 3.8) is 0 Å². The normalized spacial score (nSPS) is 13.7. The summed E-state index contributed by atoms with van der Waals surface area (Å²) in [6.07, 6.45) is 2.29. The van der Waals surface area contributed by atoms with Crippen LogP contribution < -0.4 is 10.7 Å². The minimum absolute atomic E-state index is 0.0703. The molecule has 0 atom stereocenters. The fourth-order valence-electron chi connectivity index (χ4n) is 5.16. The van der Waals surface area contributed by atoms with Crippen LogP contribution in [0.25, 0.3) is 33.2 Å². The molecule has 1 saturated carbocycles. The summed E-state index contributed by atoms with van der Waals surface area (Å²) in [5.41, 5.74) is 1.30. The van der Waals surface area contributed by atoms with E-state index in [2.05, 4.69) is 25.5 Å². The third kappa shape index (κ3) is 3.76. The fraction of sp³-hybridized carbons (Fsp3) is 0.143. The number of amides is 1. The van der Waals surface area contributed by atoms with Crippen molar-refractivity contribution in [2.24, 2.45) is 0 Å². The van der Waals surface area contributed by atoms with Crippen LogP contribution in [-0.2, 0) is 11.0 Å². The first-order valence-electron chi connectivity index (χ1n) is 12.4. The summed E-state index contributed by atoms with van der Waals surface area (Å²) in [5, 5.41) is 13.7. The second kappa shape index (κ2) is 8.65. The predicted molar refractivity (Wildman–Crippen MR) is 139 cm³/mol. The van der Waals surface area contributed by atoms with Gasteiger partial charge in [-0.2, -0.15) is 23.4 Å². The third-order valence-electron chi connectivity index (χ3n) is 7.04. The van der Waals surface area contributed by atoms with Gasteiger partial charge in [0, 0.05) is 40.0 Å². The first-order chi connectivity index (χ1) is 19.3. The number of carbonyl (C=O) groups is 1. The Morgan fingerprint density at radius 3 is 2.62 bits per heavy atom. The van der Waals surface area contributed by atoms with E-state index >= 15 is 0 Å². The molecule has 0 unspecified atom stereocenters. The molecular weight excluding hydrogens is 523 g/mol. The van der Waals surface area contributed by atoms with E-state index in [1.807, 2.05) is 36.3 Å². The number of H-pyrrole nitrogens is 1. The van der Waals surface area contributed by atoms with Gasteiger partial charge in [0.15, 0.2) is 11.8 Å². The van der Waals surface area contributed by atoms with E-state index in [9.17, 15) is 22.8 Å². The van der Waals surface area contributed by atoms with Crippen LogP contribution in [0.15, 0.2) is 67.3 Å². The maximum absolute atomic E-state index is 13.9. The Hall–Kier alpha value is -5.22. The summed E-state index contributed by atoms with van der Waals surface area (Å²) >= 11 is 0. The second-order valence-corrected chi connectivity index (χ2v) is 9.59. The highest BCUT2D eigenvalue weighted by Gasteiger charge is 2.36. The molecule has 0 bridgehead atoms.